The molecule has 1 N–H and O–H groups in total. The third-order valence-corrected chi connectivity index (χ3v) is 4.47. The Morgan fingerprint density at radius 3 is 2.38 bits per heavy atom. The van der Waals surface area contributed by atoms with Gasteiger partial charge in [0.05, 0.1) is 0 Å². The van der Waals surface area contributed by atoms with Gasteiger partial charge in [-0.1, -0.05) is 71.4 Å². The first-order valence-electron chi connectivity index (χ1n) is 7.77. The third kappa shape index (κ3) is 5.64. The van der Waals surface area contributed by atoms with Crippen LogP contribution in [0.2, 0.25) is 0 Å². The molecule has 2 heteroatoms. The van der Waals surface area contributed by atoms with Crippen molar-refractivity contribution in [3.05, 3.63) is 70.2 Å². The largest absolute Gasteiger partial charge is 0.316 e. The molecule has 2 aromatic carbocycles. The number of hydrogen-bond donors (Lipinski definition) is 1. The molecular weight excluding hydrogens is 322 g/mol. The van der Waals surface area contributed by atoms with Crippen molar-refractivity contribution in [2.75, 3.05) is 13.1 Å². The van der Waals surface area contributed by atoms with Crippen LogP contribution in [0.5, 0.6) is 0 Å². The molecule has 0 spiro atoms. The number of rotatable bonds is 8. The van der Waals surface area contributed by atoms with E-state index in [1.807, 2.05) is 0 Å². The first kappa shape index (κ1) is 16.3. The molecule has 0 bridgehead atoms. The van der Waals surface area contributed by atoms with Crippen molar-refractivity contribution in [3.63, 3.8) is 0 Å². The molecule has 1 atom stereocenters. The van der Waals surface area contributed by atoms with Crippen LogP contribution < -0.4 is 5.32 Å². The van der Waals surface area contributed by atoms with Crippen LogP contribution in [0.15, 0.2) is 59.1 Å². The van der Waals surface area contributed by atoms with Crippen LogP contribution in [0.25, 0.3) is 0 Å². The fourth-order valence-corrected chi connectivity index (χ4v) is 3.07. The Labute approximate surface area is 136 Å². The molecule has 0 radical (unpaired) electrons. The molecule has 2 aromatic rings. The van der Waals surface area contributed by atoms with Gasteiger partial charge in [-0.2, -0.15) is 0 Å². The van der Waals surface area contributed by atoms with Gasteiger partial charge in [-0.3, -0.25) is 0 Å². The van der Waals surface area contributed by atoms with Crippen molar-refractivity contribution < 1.29 is 0 Å². The van der Waals surface area contributed by atoms with Gasteiger partial charge < -0.3 is 5.32 Å². The molecule has 1 nitrogen and oxygen atoms in total. The highest BCUT2D eigenvalue weighted by atomic mass is 79.9. The molecule has 0 amide bonds. The van der Waals surface area contributed by atoms with Crippen molar-refractivity contribution in [1.29, 1.82) is 0 Å². The Bertz CT molecular complexity index is 524. The molecule has 2 rings (SSSR count). The van der Waals surface area contributed by atoms with Gasteiger partial charge in [0.1, 0.15) is 0 Å². The molecule has 0 heterocycles. The molecule has 21 heavy (non-hydrogen) atoms. The summed E-state index contributed by atoms with van der Waals surface area (Å²) in [7, 11) is 0. The van der Waals surface area contributed by atoms with Crippen LogP contribution in [-0.2, 0) is 12.8 Å². The Morgan fingerprint density at radius 2 is 1.67 bits per heavy atom. The second-order valence-electron chi connectivity index (χ2n) is 5.56. The highest BCUT2D eigenvalue weighted by molar-refractivity contribution is 9.10. The van der Waals surface area contributed by atoms with Gasteiger partial charge in [-0.15, -0.1) is 0 Å². The van der Waals surface area contributed by atoms with Gasteiger partial charge >= 0.3 is 0 Å². The topological polar surface area (TPSA) is 12.0 Å². The molecule has 0 aromatic heterocycles. The van der Waals surface area contributed by atoms with E-state index in [4.69, 9.17) is 0 Å². The fourth-order valence-electron chi connectivity index (χ4n) is 2.62. The molecule has 0 saturated carbocycles. The van der Waals surface area contributed by atoms with E-state index >= 15 is 0 Å². The van der Waals surface area contributed by atoms with Gasteiger partial charge in [-0.05, 0) is 55.5 Å². The normalized spacial score (nSPS) is 12.3. The maximum absolute atomic E-state index is 3.67. The minimum atomic E-state index is 0.623. The van der Waals surface area contributed by atoms with E-state index in [1.165, 1.54) is 22.0 Å². The van der Waals surface area contributed by atoms with Crippen LogP contribution >= 0.6 is 15.9 Å². The van der Waals surface area contributed by atoms with Gasteiger partial charge in [0.2, 0.25) is 0 Å². The zero-order valence-electron chi connectivity index (χ0n) is 12.7. The van der Waals surface area contributed by atoms with Gasteiger partial charge in [0, 0.05) is 4.47 Å². The van der Waals surface area contributed by atoms with E-state index in [0.29, 0.717) is 5.92 Å². The second-order valence-corrected chi connectivity index (χ2v) is 6.41. The van der Waals surface area contributed by atoms with Crippen molar-refractivity contribution >= 4 is 15.9 Å². The van der Waals surface area contributed by atoms with E-state index in [-0.39, 0.29) is 0 Å². The summed E-state index contributed by atoms with van der Waals surface area (Å²) in [6.45, 7) is 4.39. The Hall–Kier alpha value is -1.12. The number of hydrogen-bond acceptors (Lipinski definition) is 1. The molecule has 0 saturated heterocycles. The Morgan fingerprint density at radius 1 is 0.952 bits per heavy atom. The van der Waals surface area contributed by atoms with E-state index < -0.39 is 0 Å². The predicted octanol–water partition coefficient (Wildman–Crippen LogP) is 4.85. The maximum Gasteiger partial charge on any atom is 0.0207 e. The number of benzene rings is 2. The predicted molar refractivity (Wildman–Crippen MR) is 94.6 cm³/mol. The Balaban J connectivity index is 2.03. The van der Waals surface area contributed by atoms with Crippen molar-refractivity contribution in [1.82, 2.24) is 5.32 Å². The van der Waals surface area contributed by atoms with Gasteiger partial charge in [0.15, 0.2) is 0 Å². The number of nitrogens with one attached hydrogen (secondary N) is 1. The monoisotopic (exact) mass is 345 g/mol. The minimum Gasteiger partial charge on any atom is -0.316 e. The Kier molecular flexibility index (Phi) is 6.98. The second kappa shape index (κ2) is 9.01. The van der Waals surface area contributed by atoms with Crippen LogP contribution in [0, 0.1) is 5.92 Å². The summed E-state index contributed by atoms with van der Waals surface area (Å²) in [5.74, 6) is 0.623. The zero-order chi connectivity index (χ0) is 14.9. The van der Waals surface area contributed by atoms with Crippen LogP contribution in [0.3, 0.4) is 0 Å². The summed E-state index contributed by atoms with van der Waals surface area (Å²) in [6, 6.07) is 19.4. The summed E-state index contributed by atoms with van der Waals surface area (Å²) in [4.78, 5) is 0. The maximum atomic E-state index is 3.67. The highest BCUT2D eigenvalue weighted by Crippen LogP contribution is 2.21. The molecule has 112 valence electrons. The first-order valence-corrected chi connectivity index (χ1v) is 8.57. The van der Waals surface area contributed by atoms with E-state index in [2.05, 4.69) is 82.8 Å². The standard InChI is InChI=1S/C19H24BrN/c1-2-12-21-15-17(13-16-8-4-3-5-9-16)14-18-10-6-7-11-19(18)20/h3-11,17,21H,2,12-15H2,1H3. The van der Waals surface area contributed by atoms with E-state index in [1.54, 1.807) is 0 Å². The summed E-state index contributed by atoms with van der Waals surface area (Å²) in [6.07, 6.45) is 3.42. The zero-order valence-corrected chi connectivity index (χ0v) is 14.3. The van der Waals surface area contributed by atoms with E-state index in [0.717, 1.165) is 25.9 Å². The molecule has 0 aliphatic heterocycles. The lowest BCUT2D eigenvalue weighted by Gasteiger charge is -2.19. The lowest BCUT2D eigenvalue weighted by molar-refractivity contribution is 0.470. The fraction of sp³-hybridized carbons (Fsp3) is 0.368. The quantitative estimate of drug-likeness (QED) is 0.674. The lowest BCUT2D eigenvalue weighted by Crippen LogP contribution is -2.26. The lowest BCUT2D eigenvalue weighted by atomic mass is 9.92. The van der Waals surface area contributed by atoms with Gasteiger partial charge in [-0.25, -0.2) is 0 Å². The third-order valence-electron chi connectivity index (χ3n) is 3.69. The van der Waals surface area contributed by atoms with Crippen molar-refractivity contribution in [2.45, 2.75) is 26.2 Å². The average molecular weight is 346 g/mol. The SMILES string of the molecule is CCCNCC(Cc1ccccc1)Cc1ccccc1Br. The van der Waals surface area contributed by atoms with Crippen molar-refractivity contribution in [2.24, 2.45) is 5.92 Å². The summed E-state index contributed by atoms with van der Waals surface area (Å²) in [5, 5.41) is 3.58. The molecule has 1 unspecified atom stereocenters. The molecule has 0 aliphatic carbocycles. The summed E-state index contributed by atoms with van der Waals surface area (Å²) in [5.41, 5.74) is 2.82. The van der Waals surface area contributed by atoms with Crippen LogP contribution in [0.4, 0.5) is 0 Å². The van der Waals surface area contributed by atoms with Crippen LogP contribution in [-0.4, -0.2) is 13.1 Å². The van der Waals surface area contributed by atoms with Crippen molar-refractivity contribution in [3.8, 4) is 0 Å². The molecule has 0 fully saturated rings. The number of halogens is 1. The summed E-state index contributed by atoms with van der Waals surface area (Å²) < 4.78 is 1.22. The average Bonchev–Trinajstić information content (AvgIpc) is 2.51. The minimum absolute atomic E-state index is 0.623. The smallest absolute Gasteiger partial charge is 0.0207 e. The first-order chi connectivity index (χ1) is 10.3. The molecular formula is C19H24BrN. The summed E-state index contributed by atoms with van der Waals surface area (Å²) >= 11 is 3.67. The van der Waals surface area contributed by atoms with E-state index in [9.17, 15) is 0 Å². The molecule has 0 aliphatic rings. The van der Waals surface area contributed by atoms with Crippen LogP contribution in [0.1, 0.15) is 24.5 Å². The van der Waals surface area contributed by atoms with Gasteiger partial charge in [0.25, 0.3) is 0 Å². The highest BCUT2D eigenvalue weighted by Gasteiger charge is 2.12.